The number of para-hydroxylation sites is 2. The summed E-state index contributed by atoms with van der Waals surface area (Å²) in [5, 5.41) is 90.6. The Balaban J connectivity index is 1.91. The molecule has 0 saturated carbocycles. The number of carbonyl (C=O) groups is 21. The number of fused-ring (bicyclic) bond motifs is 1. The molecule has 1 aliphatic heterocycles. The number of aliphatic hydroxyl groups excluding tert-OH is 1. The molecule has 1 aromatic heterocycles. The molecule has 14 amide bonds. The largest absolute Gasteiger partial charge is 0.481 e. The van der Waals surface area contributed by atoms with Crippen LogP contribution in [0, 0.1) is 5.92 Å². The molecule has 3 aromatic rings. The summed E-state index contributed by atoms with van der Waals surface area (Å²) in [6.45, 7) is 0.125. The molecule has 0 unspecified atom stereocenters. The minimum absolute atomic E-state index is 0.0318. The Morgan fingerprint density at radius 3 is 1.69 bits per heavy atom. The monoisotopic (exact) mass is 1680 g/mol. The maximum atomic E-state index is 15.0. The van der Waals surface area contributed by atoms with Gasteiger partial charge in [-0.15, -0.1) is 0 Å². The van der Waals surface area contributed by atoms with E-state index in [1.807, 2.05) is 16.0 Å². The number of aromatic nitrogens is 1. The lowest BCUT2D eigenvalue weighted by Gasteiger charge is -2.30. The number of ether oxygens (including phenoxy) is 1. The zero-order valence-corrected chi connectivity index (χ0v) is 65.6. The molecule has 25 N–H and O–H groups in total. The van der Waals surface area contributed by atoms with Crippen molar-refractivity contribution in [3.63, 3.8) is 0 Å². The number of nitrogens with two attached hydrogens (primary N) is 2. The van der Waals surface area contributed by atoms with Crippen LogP contribution in [0.2, 0.25) is 0 Å². The number of carbonyl (C=O) groups excluding carboxylic acids is 16. The van der Waals surface area contributed by atoms with Gasteiger partial charge in [-0.3, -0.25) is 95.9 Å². The number of carboxylic acid groups (broad SMARTS) is 5. The molecule has 1 fully saturated rings. The number of anilines is 1. The fourth-order valence-electron chi connectivity index (χ4n) is 12.0. The van der Waals surface area contributed by atoms with Crippen molar-refractivity contribution in [1.29, 1.82) is 0 Å². The molecule has 119 heavy (non-hydrogen) atoms. The number of carboxylic acids is 5. The Morgan fingerprint density at radius 1 is 0.538 bits per heavy atom. The maximum Gasteiger partial charge on any atom is 0.329 e. The molecule has 45 heteroatoms. The summed E-state index contributed by atoms with van der Waals surface area (Å²) in [7, 11) is 0. The van der Waals surface area contributed by atoms with E-state index in [4.69, 9.17) is 16.2 Å². The SMILES string of the molecule is CCCCCCCCCC(=O)N[C@@H](Cc1c[nH]c2ccccc12)C(=O)N[C@H](CC(N)=O)C(=O)N[C@@H](CC(=O)O)C(=O)N[C@@H]1C(=O)NCC(=O)N[C@@H](CCCN)C(=O)N[C@@H](CC(=O)O)C(=O)N[C@H](C)C(=O)N[C@@H](CC(=O)O)C(=O)NCC(=O)N[C@H](CO)C(=O)N[C@@H]([C@H](C)CC(=O)O)C(=O)N[C@@H](CC(=O)c2ccccc2NCC(=O)O)C(=O)O[C@@H]1C. The van der Waals surface area contributed by atoms with E-state index in [9.17, 15) is 131 Å². The average Bonchev–Trinajstić information content (AvgIpc) is 1.50. The van der Waals surface area contributed by atoms with Crippen LogP contribution in [0.3, 0.4) is 0 Å². The number of ketones is 1. The number of Topliss-reactive ketones (excluding diaryl/α,β-unsaturated/α-hetero) is 1. The lowest BCUT2D eigenvalue weighted by Crippen LogP contribution is -2.62. The first-order chi connectivity index (χ1) is 56.2. The maximum absolute atomic E-state index is 15.0. The van der Waals surface area contributed by atoms with Gasteiger partial charge in [-0.1, -0.05) is 82.7 Å². The van der Waals surface area contributed by atoms with Crippen LogP contribution in [-0.2, 0) is 107 Å². The van der Waals surface area contributed by atoms with Crippen molar-refractivity contribution in [2.45, 2.75) is 209 Å². The lowest BCUT2D eigenvalue weighted by atomic mass is 9.95. The molecule has 652 valence electrons. The van der Waals surface area contributed by atoms with Crippen molar-refractivity contribution in [3.05, 3.63) is 65.9 Å². The van der Waals surface area contributed by atoms with Crippen molar-refractivity contribution < 1.29 is 136 Å². The third-order valence-corrected chi connectivity index (χ3v) is 18.3. The van der Waals surface area contributed by atoms with Gasteiger partial charge in [-0.25, -0.2) is 4.79 Å². The highest BCUT2D eigenvalue weighted by Crippen LogP contribution is 2.22. The lowest BCUT2D eigenvalue weighted by molar-refractivity contribution is -0.156. The van der Waals surface area contributed by atoms with E-state index in [1.165, 1.54) is 18.2 Å². The second kappa shape index (κ2) is 49.6. The number of H-pyrrole nitrogens is 1. The van der Waals surface area contributed by atoms with Gasteiger partial charge in [0.2, 0.25) is 82.7 Å². The van der Waals surface area contributed by atoms with Crippen molar-refractivity contribution in [3.8, 4) is 0 Å². The molecule has 2 heterocycles. The number of aliphatic carboxylic acids is 5. The average molecular weight is 1680 g/mol. The van der Waals surface area contributed by atoms with E-state index in [0.717, 1.165) is 58.9 Å². The molecular weight excluding hydrogens is 1570 g/mol. The van der Waals surface area contributed by atoms with E-state index in [1.54, 1.807) is 30.5 Å². The number of amides is 14. The fraction of sp³-hybridized carbons (Fsp3) is 0.527. The van der Waals surface area contributed by atoms with Crippen molar-refractivity contribution >= 4 is 141 Å². The van der Waals surface area contributed by atoms with E-state index in [-0.39, 0.29) is 37.1 Å². The van der Waals surface area contributed by atoms with Gasteiger partial charge in [0.25, 0.3) is 0 Å². The summed E-state index contributed by atoms with van der Waals surface area (Å²) in [5.74, 6) is -31.8. The number of benzene rings is 2. The van der Waals surface area contributed by atoms with Crippen LogP contribution in [0.1, 0.15) is 146 Å². The van der Waals surface area contributed by atoms with Crippen LogP contribution in [0.4, 0.5) is 5.69 Å². The Hall–Kier alpha value is -13.2. The number of aliphatic hydroxyl groups is 1. The number of unbranched alkanes of at least 4 members (excludes halogenated alkanes) is 6. The van der Waals surface area contributed by atoms with Crippen LogP contribution in [0.5, 0.6) is 0 Å². The van der Waals surface area contributed by atoms with Crippen molar-refractivity contribution in [1.82, 2.24) is 74.1 Å². The predicted molar refractivity (Wildman–Crippen MR) is 412 cm³/mol. The van der Waals surface area contributed by atoms with Gasteiger partial charge in [-0.2, -0.15) is 0 Å². The van der Waals surface area contributed by atoms with Gasteiger partial charge in [-0.05, 0) is 69.3 Å². The molecule has 0 aliphatic carbocycles. The molecule has 1 aliphatic rings. The van der Waals surface area contributed by atoms with E-state index in [0.29, 0.717) is 29.3 Å². The molecule has 0 bridgehead atoms. The summed E-state index contributed by atoms with van der Waals surface area (Å²) < 4.78 is 5.70. The fourth-order valence-corrected chi connectivity index (χ4v) is 12.0. The first kappa shape index (κ1) is 98.1. The third kappa shape index (κ3) is 34.2. The second-order valence-electron chi connectivity index (χ2n) is 28.0. The number of cyclic esters (lactones) is 1. The molecule has 45 nitrogen and oxygen atoms in total. The normalized spacial score (nSPS) is 20.8. The Kier molecular flexibility index (Phi) is 40.9. The Bertz CT molecular complexity index is 4190. The van der Waals surface area contributed by atoms with Gasteiger partial charge in [0, 0.05) is 47.6 Å². The molecule has 13 atom stereocenters. The summed E-state index contributed by atoms with van der Waals surface area (Å²) >= 11 is 0. The number of primary amides is 1. The highest BCUT2D eigenvalue weighted by atomic mass is 16.5. The number of esters is 1. The van der Waals surface area contributed by atoms with Gasteiger partial charge < -0.3 is 126 Å². The zero-order chi connectivity index (χ0) is 88.8. The van der Waals surface area contributed by atoms with Crippen LogP contribution < -0.4 is 85.9 Å². The Labute approximate surface area is 679 Å². The van der Waals surface area contributed by atoms with E-state index in [2.05, 4.69) is 70.4 Å². The van der Waals surface area contributed by atoms with Crippen molar-refractivity contribution in [2.24, 2.45) is 17.4 Å². The number of rotatable bonds is 38. The minimum Gasteiger partial charge on any atom is -0.481 e. The number of hydrogen-bond donors (Lipinski definition) is 23. The molecule has 1 saturated heterocycles. The first-order valence-electron chi connectivity index (χ1n) is 37.9. The molecule has 4 rings (SSSR count). The van der Waals surface area contributed by atoms with Crippen molar-refractivity contribution in [2.75, 3.05) is 38.1 Å². The molecule has 0 spiro atoms. The summed E-state index contributed by atoms with van der Waals surface area (Å²) in [6.07, 6.45) is -2.76. The van der Waals surface area contributed by atoms with Crippen LogP contribution in [0.15, 0.2) is 54.7 Å². The minimum atomic E-state index is -2.50. The summed E-state index contributed by atoms with van der Waals surface area (Å²) in [4.78, 5) is 289. The molecular formula is C74H103N17O28. The Morgan fingerprint density at radius 2 is 1.08 bits per heavy atom. The highest BCUT2D eigenvalue weighted by Gasteiger charge is 2.41. The topological polar surface area (TPSA) is 725 Å². The molecule has 2 aromatic carbocycles. The van der Waals surface area contributed by atoms with Gasteiger partial charge in [0.05, 0.1) is 51.8 Å². The summed E-state index contributed by atoms with van der Waals surface area (Å²) in [6, 6.07) is -11.2. The highest BCUT2D eigenvalue weighted by molar-refractivity contribution is 6.06. The number of aromatic amines is 1. The summed E-state index contributed by atoms with van der Waals surface area (Å²) in [5.41, 5.74) is 11.9. The number of hydrogen-bond acceptors (Lipinski definition) is 25. The quantitative estimate of drug-likeness (QED) is 0.0144. The standard InChI is InChI=1S/C74H103N17O28/c1-5-6-7-8-9-10-11-22-54(95)83-45(25-39-31-77-42-19-14-12-17-40(39)42)68(112)86-46(27-53(76)94)69(113)88-49(30-60(104)105)70(114)91-63-38(4)119-74(118)50(26-52(93)41-18-13-15-20-43(41)78-34-61(106)107)89-73(117)62(36(2)24-57(98)99)90-71(115)51(35-92)84-56(97)32-79-65(109)47(28-58(100)101)85-64(108)37(3)81-67(111)48(29-59(102)103)87-66(110)44(21-16-23-75)82-55(96)33-80-72(63)116/h12-15,17-20,31,36-38,44-51,62-63,77-78,92H,5-11,16,21-30,32-35,75H2,1-4H3,(H2,76,94)(H,79,109)(H,80,116)(H,81,111)(H,82,96)(H,83,95)(H,84,97)(H,85,108)(H,86,112)(H,87,110)(H,88,113)(H,89,117)(H,90,115)(H,91,114)(H,98,99)(H,100,101)(H,102,103)(H,104,105)(H,106,107)/t36-,37-,38-,44+,45+,46-,47+,48+,49+,50+,51-,62+,63+/m1/s1. The first-order valence-corrected chi connectivity index (χ1v) is 37.9. The molecule has 0 radical (unpaired) electrons. The van der Waals surface area contributed by atoms with Crippen LogP contribution >= 0.6 is 0 Å². The van der Waals surface area contributed by atoms with E-state index < -0.39 is 274 Å². The van der Waals surface area contributed by atoms with Gasteiger partial charge in [0.1, 0.15) is 79.1 Å². The zero-order valence-electron chi connectivity index (χ0n) is 65.6. The second-order valence-corrected chi connectivity index (χ2v) is 28.0. The smallest absolute Gasteiger partial charge is 0.329 e. The van der Waals surface area contributed by atoms with Crippen LogP contribution in [0.25, 0.3) is 10.9 Å². The van der Waals surface area contributed by atoms with E-state index >= 15 is 0 Å². The third-order valence-electron chi connectivity index (χ3n) is 18.3. The van der Waals surface area contributed by atoms with Gasteiger partial charge >= 0.3 is 35.8 Å². The van der Waals surface area contributed by atoms with Gasteiger partial charge in [0.15, 0.2) is 5.78 Å². The number of nitrogens with one attached hydrogen (secondary N) is 15. The predicted octanol–water partition coefficient (Wildman–Crippen LogP) is -5.71. The van der Waals surface area contributed by atoms with Crippen LogP contribution in [-0.4, -0.2) is 265 Å².